The molecule has 0 bridgehead atoms. The summed E-state index contributed by atoms with van der Waals surface area (Å²) in [6.07, 6.45) is 3.22. The number of carbonyl (C=O) groups is 1. The molecule has 2 N–H and O–H groups in total. The number of aryl methyl sites for hydroxylation is 1. The van der Waals surface area contributed by atoms with Crippen molar-refractivity contribution in [1.82, 2.24) is 20.1 Å². The summed E-state index contributed by atoms with van der Waals surface area (Å²) in [5.74, 6) is 1.39. The van der Waals surface area contributed by atoms with Gasteiger partial charge in [0, 0.05) is 23.0 Å². The van der Waals surface area contributed by atoms with E-state index in [1.165, 1.54) is 0 Å². The molecule has 3 rings (SSSR count). The molecular formula is C18H19ClN4O2S. The SMILES string of the molecule is CC(CCc1ccco1)NC(=O)Cn1c(-c2ccc(Cl)cc2)n[nH]c1=S. The molecule has 2 aromatic heterocycles. The number of nitrogens with zero attached hydrogens (tertiary/aromatic N) is 2. The van der Waals surface area contributed by atoms with E-state index in [4.69, 9.17) is 28.2 Å². The zero-order chi connectivity index (χ0) is 18.5. The fourth-order valence-electron chi connectivity index (χ4n) is 2.63. The van der Waals surface area contributed by atoms with Gasteiger partial charge in [-0.25, -0.2) is 0 Å². The molecule has 1 amide bonds. The zero-order valence-electron chi connectivity index (χ0n) is 14.2. The van der Waals surface area contributed by atoms with E-state index in [-0.39, 0.29) is 18.5 Å². The highest BCUT2D eigenvalue weighted by molar-refractivity contribution is 7.71. The topological polar surface area (TPSA) is 75.8 Å². The first-order chi connectivity index (χ1) is 12.5. The third kappa shape index (κ3) is 4.62. The number of aromatic amines is 1. The molecule has 26 heavy (non-hydrogen) atoms. The normalized spacial score (nSPS) is 12.1. The van der Waals surface area contributed by atoms with Crippen LogP contribution in [0.2, 0.25) is 5.02 Å². The summed E-state index contributed by atoms with van der Waals surface area (Å²) in [4.78, 5) is 12.4. The lowest BCUT2D eigenvalue weighted by atomic mass is 10.1. The molecule has 1 unspecified atom stereocenters. The average Bonchev–Trinajstić information content (AvgIpc) is 3.25. The molecule has 0 spiro atoms. The van der Waals surface area contributed by atoms with Crippen LogP contribution in [0.1, 0.15) is 19.1 Å². The Balaban J connectivity index is 1.63. The molecule has 0 aliphatic heterocycles. The molecule has 0 aliphatic rings. The predicted molar refractivity (Wildman–Crippen MR) is 102 cm³/mol. The first-order valence-electron chi connectivity index (χ1n) is 8.26. The summed E-state index contributed by atoms with van der Waals surface area (Å²) in [6.45, 7) is 2.06. The Morgan fingerprint density at radius 1 is 1.38 bits per heavy atom. The van der Waals surface area contributed by atoms with Gasteiger partial charge < -0.3 is 9.73 Å². The molecule has 1 aromatic carbocycles. The van der Waals surface area contributed by atoms with Crippen LogP contribution < -0.4 is 5.32 Å². The van der Waals surface area contributed by atoms with Crippen LogP contribution in [0, 0.1) is 4.77 Å². The van der Waals surface area contributed by atoms with E-state index in [1.807, 2.05) is 31.2 Å². The fourth-order valence-corrected chi connectivity index (χ4v) is 2.96. The molecule has 0 saturated carbocycles. The molecule has 2 heterocycles. The second-order valence-corrected chi connectivity index (χ2v) is 6.86. The van der Waals surface area contributed by atoms with E-state index >= 15 is 0 Å². The number of H-pyrrole nitrogens is 1. The number of carbonyl (C=O) groups excluding carboxylic acids is 1. The van der Waals surface area contributed by atoms with Gasteiger partial charge in [0.2, 0.25) is 5.91 Å². The van der Waals surface area contributed by atoms with E-state index in [0.717, 1.165) is 24.2 Å². The third-order valence-corrected chi connectivity index (χ3v) is 4.54. The van der Waals surface area contributed by atoms with Gasteiger partial charge in [-0.05, 0) is 62.0 Å². The van der Waals surface area contributed by atoms with Crippen LogP contribution in [0.3, 0.4) is 0 Å². The molecule has 8 heteroatoms. The maximum atomic E-state index is 12.4. The summed E-state index contributed by atoms with van der Waals surface area (Å²) < 4.78 is 7.38. The van der Waals surface area contributed by atoms with Crippen molar-refractivity contribution in [1.29, 1.82) is 0 Å². The maximum absolute atomic E-state index is 12.4. The first kappa shape index (κ1) is 18.4. The van der Waals surface area contributed by atoms with E-state index in [2.05, 4.69) is 15.5 Å². The number of rotatable bonds is 7. The number of hydrogen-bond acceptors (Lipinski definition) is 4. The van der Waals surface area contributed by atoms with Gasteiger partial charge in [-0.2, -0.15) is 5.10 Å². The highest BCUT2D eigenvalue weighted by Gasteiger charge is 2.14. The van der Waals surface area contributed by atoms with Gasteiger partial charge in [-0.3, -0.25) is 14.5 Å². The average molecular weight is 391 g/mol. The summed E-state index contributed by atoms with van der Waals surface area (Å²) in [7, 11) is 0. The number of furan rings is 1. The lowest BCUT2D eigenvalue weighted by molar-refractivity contribution is -0.122. The second-order valence-electron chi connectivity index (χ2n) is 6.03. The predicted octanol–water partition coefficient (Wildman–Crippen LogP) is 3.99. The monoisotopic (exact) mass is 390 g/mol. The minimum atomic E-state index is -0.121. The minimum absolute atomic E-state index is 0.0210. The molecule has 0 radical (unpaired) electrons. The van der Waals surface area contributed by atoms with E-state index in [0.29, 0.717) is 15.6 Å². The van der Waals surface area contributed by atoms with Gasteiger partial charge >= 0.3 is 0 Å². The Labute approximate surface area is 161 Å². The van der Waals surface area contributed by atoms with Crippen molar-refractivity contribution in [2.45, 2.75) is 32.4 Å². The van der Waals surface area contributed by atoms with Crippen LogP contribution in [0.5, 0.6) is 0 Å². The third-order valence-electron chi connectivity index (χ3n) is 3.97. The standard InChI is InChI=1S/C18H19ClN4O2S/c1-12(4-9-15-3-2-10-25-15)20-16(24)11-23-17(21-22-18(23)26)13-5-7-14(19)8-6-13/h2-3,5-8,10,12H,4,9,11H2,1H3,(H,20,24)(H,22,26). The molecule has 0 fully saturated rings. The van der Waals surface area contributed by atoms with E-state index in [9.17, 15) is 4.79 Å². The number of amides is 1. The number of halogens is 1. The molecule has 0 aliphatic carbocycles. The second kappa shape index (κ2) is 8.33. The van der Waals surface area contributed by atoms with Crippen molar-refractivity contribution in [2.24, 2.45) is 0 Å². The van der Waals surface area contributed by atoms with Gasteiger partial charge in [0.15, 0.2) is 10.6 Å². The van der Waals surface area contributed by atoms with Crippen molar-refractivity contribution in [3.8, 4) is 11.4 Å². The Kier molecular flexibility index (Phi) is 5.90. The number of hydrogen-bond donors (Lipinski definition) is 2. The molecular weight excluding hydrogens is 372 g/mol. The lowest BCUT2D eigenvalue weighted by Gasteiger charge is -2.14. The smallest absolute Gasteiger partial charge is 0.240 e. The molecule has 3 aromatic rings. The highest BCUT2D eigenvalue weighted by Crippen LogP contribution is 2.20. The van der Waals surface area contributed by atoms with Gasteiger partial charge in [0.25, 0.3) is 0 Å². The summed E-state index contributed by atoms with van der Waals surface area (Å²) >= 11 is 11.2. The van der Waals surface area contributed by atoms with Crippen LogP contribution in [0.25, 0.3) is 11.4 Å². The van der Waals surface area contributed by atoms with Crippen LogP contribution >= 0.6 is 23.8 Å². The number of benzene rings is 1. The van der Waals surface area contributed by atoms with Gasteiger partial charge in [0.05, 0.1) is 6.26 Å². The van der Waals surface area contributed by atoms with Crippen LogP contribution in [-0.4, -0.2) is 26.7 Å². The van der Waals surface area contributed by atoms with Gasteiger partial charge in [-0.1, -0.05) is 11.6 Å². The highest BCUT2D eigenvalue weighted by atomic mass is 35.5. The van der Waals surface area contributed by atoms with Crippen molar-refractivity contribution in [3.63, 3.8) is 0 Å². The summed E-state index contributed by atoms with van der Waals surface area (Å²) in [5.41, 5.74) is 0.834. The van der Waals surface area contributed by atoms with Crippen LogP contribution in [0.15, 0.2) is 47.1 Å². The van der Waals surface area contributed by atoms with Crippen molar-refractivity contribution in [2.75, 3.05) is 0 Å². The quantitative estimate of drug-likeness (QED) is 0.598. The largest absolute Gasteiger partial charge is 0.469 e. The summed E-state index contributed by atoms with van der Waals surface area (Å²) in [6, 6.07) is 11.0. The maximum Gasteiger partial charge on any atom is 0.240 e. The van der Waals surface area contributed by atoms with E-state index in [1.54, 1.807) is 23.0 Å². The van der Waals surface area contributed by atoms with Gasteiger partial charge in [0.1, 0.15) is 12.3 Å². The molecule has 136 valence electrons. The zero-order valence-corrected chi connectivity index (χ0v) is 15.8. The van der Waals surface area contributed by atoms with Crippen molar-refractivity contribution in [3.05, 3.63) is 58.2 Å². The Morgan fingerprint density at radius 2 is 2.15 bits per heavy atom. The Hall–Kier alpha value is -2.38. The van der Waals surface area contributed by atoms with Gasteiger partial charge in [-0.15, -0.1) is 0 Å². The lowest BCUT2D eigenvalue weighted by Crippen LogP contribution is -2.35. The number of nitrogens with one attached hydrogen (secondary N) is 2. The van der Waals surface area contributed by atoms with Crippen molar-refractivity contribution >= 4 is 29.7 Å². The fraction of sp³-hybridized carbons (Fsp3) is 0.278. The van der Waals surface area contributed by atoms with Crippen molar-refractivity contribution < 1.29 is 9.21 Å². The Morgan fingerprint density at radius 3 is 2.85 bits per heavy atom. The van der Waals surface area contributed by atoms with Crippen LogP contribution in [0.4, 0.5) is 0 Å². The summed E-state index contributed by atoms with van der Waals surface area (Å²) in [5, 5.41) is 10.6. The molecule has 6 nitrogen and oxygen atoms in total. The first-order valence-corrected chi connectivity index (χ1v) is 9.04. The minimum Gasteiger partial charge on any atom is -0.469 e. The molecule has 0 saturated heterocycles. The van der Waals surface area contributed by atoms with Crippen LogP contribution in [-0.2, 0) is 17.8 Å². The number of aromatic nitrogens is 3. The molecule has 1 atom stereocenters. The van der Waals surface area contributed by atoms with E-state index < -0.39 is 0 Å². The Bertz CT molecular complexity index is 916.